The molecule has 1 N–H and O–H groups in total. The Balaban J connectivity index is 1.44. The molecule has 154 valence electrons. The van der Waals surface area contributed by atoms with E-state index in [1.54, 1.807) is 24.3 Å². The fourth-order valence-electron chi connectivity index (χ4n) is 3.86. The number of amides is 3. The van der Waals surface area contributed by atoms with Crippen molar-refractivity contribution in [3.8, 4) is 0 Å². The third kappa shape index (κ3) is 3.98. The van der Waals surface area contributed by atoms with Crippen LogP contribution in [0.4, 0.5) is 0 Å². The number of aryl methyl sites for hydroxylation is 1. The summed E-state index contributed by atoms with van der Waals surface area (Å²) < 4.78 is 0. The SMILES string of the molecule is O=C1CCC(N2Cc3cc(CCC(=O)c4ccc(Cl)c(Cl)c4)ccc3C2=O)C(=O)N1. The van der Waals surface area contributed by atoms with Crippen molar-refractivity contribution in [2.45, 2.75) is 38.3 Å². The molecule has 1 atom stereocenters. The minimum absolute atomic E-state index is 0.0460. The summed E-state index contributed by atoms with van der Waals surface area (Å²) in [4.78, 5) is 50.2. The van der Waals surface area contributed by atoms with Crippen LogP contribution in [0.5, 0.6) is 0 Å². The first kappa shape index (κ1) is 20.6. The first-order chi connectivity index (χ1) is 14.3. The van der Waals surface area contributed by atoms with E-state index >= 15 is 0 Å². The van der Waals surface area contributed by atoms with Gasteiger partial charge in [-0.3, -0.25) is 24.5 Å². The number of nitrogens with zero attached hydrogens (tertiary/aromatic N) is 1. The molecule has 1 fully saturated rings. The predicted octanol–water partition coefficient (Wildman–Crippen LogP) is 3.57. The normalized spacial score (nSPS) is 18.4. The fourth-order valence-corrected chi connectivity index (χ4v) is 4.15. The number of imide groups is 1. The Kier molecular flexibility index (Phi) is 5.62. The van der Waals surface area contributed by atoms with Gasteiger partial charge in [0.2, 0.25) is 11.8 Å². The molecule has 0 aliphatic carbocycles. The standard InChI is InChI=1S/C22H18Cl2N2O4/c23-16-5-3-13(10-17(16)24)19(27)7-2-12-1-4-15-14(9-12)11-26(22(15)30)18-6-8-20(28)25-21(18)29/h1,3-5,9-10,18H,2,6-8,11H2,(H,25,28,29). The van der Waals surface area contributed by atoms with E-state index in [0.717, 1.165) is 11.1 Å². The summed E-state index contributed by atoms with van der Waals surface area (Å²) in [5.74, 6) is -0.998. The summed E-state index contributed by atoms with van der Waals surface area (Å²) in [7, 11) is 0. The second-order valence-electron chi connectivity index (χ2n) is 7.44. The smallest absolute Gasteiger partial charge is 0.255 e. The third-order valence-corrected chi connectivity index (χ3v) is 6.21. The second kappa shape index (κ2) is 8.20. The number of hydrogen-bond donors (Lipinski definition) is 1. The number of carbonyl (C=O) groups is 4. The monoisotopic (exact) mass is 444 g/mol. The minimum atomic E-state index is -0.637. The van der Waals surface area contributed by atoms with Crippen molar-refractivity contribution in [2.75, 3.05) is 0 Å². The molecule has 2 heterocycles. The summed E-state index contributed by atoms with van der Waals surface area (Å²) in [6.45, 7) is 0.315. The van der Waals surface area contributed by atoms with Gasteiger partial charge in [0.25, 0.3) is 5.91 Å². The topological polar surface area (TPSA) is 83.6 Å². The zero-order chi connectivity index (χ0) is 21.4. The average Bonchev–Trinajstić information content (AvgIpc) is 3.04. The largest absolute Gasteiger partial charge is 0.322 e. The average molecular weight is 445 g/mol. The number of benzene rings is 2. The van der Waals surface area contributed by atoms with Gasteiger partial charge in [0, 0.05) is 30.5 Å². The van der Waals surface area contributed by atoms with Gasteiger partial charge in [-0.2, -0.15) is 0 Å². The van der Waals surface area contributed by atoms with Gasteiger partial charge in [0.05, 0.1) is 10.0 Å². The van der Waals surface area contributed by atoms with Gasteiger partial charge in [0.15, 0.2) is 5.78 Å². The molecule has 8 heteroatoms. The molecule has 6 nitrogen and oxygen atoms in total. The van der Waals surface area contributed by atoms with Crippen LogP contribution in [0, 0.1) is 0 Å². The predicted molar refractivity (Wildman–Crippen MR) is 112 cm³/mol. The first-order valence-electron chi connectivity index (χ1n) is 9.58. The van der Waals surface area contributed by atoms with Crippen LogP contribution in [0.2, 0.25) is 10.0 Å². The lowest BCUT2D eigenvalue weighted by Crippen LogP contribution is -2.52. The van der Waals surface area contributed by atoms with Gasteiger partial charge in [-0.05, 0) is 48.2 Å². The van der Waals surface area contributed by atoms with Crippen molar-refractivity contribution in [3.63, 3.8) is 0 Å². The molecule has 4 rings (SSSR count). The third-order valence-electron chi connectivity index (χ3n) is 5.47. The molecule has 0 radical (unpaired) electrons. The highest BCUT2D eigenvalue weighted by Gasteiger charge is 2.39. The van der Waals surface area contributed by atoms with Crippen molar-refractivity contribution in [3.05, 3.63) is 68.7 Å². The van der Waals surface area contributed by atoms with Crippen LogP contribution in [-0.2, 0) is 22.6 Å². The van der Waals surface area contributed by atoms with E-state index < -0.39 is 11.9 Å². The number of halogens is 2. The van der Waals surface area contributed by atoms with Gasteiger partial charge >= 0.3 is 0 Å². The van der Waals surface area contributed by atoms with E-state index in [0.29, 0.717) is 47.0 Å². The number of piperidine rings is 1. The van der Waals surface area contributed by atoms with Crippen LogP contribution >= 0.6 is 23.2 Å². The molecule has 0 aromatic heterocycles. The number of rotatable bonds is 5. The molecule has 1 saturated heterocycles. The van der Waals surface area contributed by atoms with Crippen LogP contribution in [0.3, 0.4) is 0 Å². The van der Waals surface area contributed by atoms with Crippen LogP contribution in [0.1, 0.15) is 51.1 Å². The molecule has 0 bridgehead atoms. The summed E-state index contributed by atoms with van der Waals surface area (Å²) in [6.07, 6.45) is 1.36. The molecule has 30 heavy (non-hydrogen) atoms. The lowest BCUT2D eigenvalue weighted by Gasteiger charge is -2.29. The maximum Gasteiger partial charge on any atom is 0.255 e. The van der Waals surface area contributed by atoms with Gasteiger partial charge in [-0.15, -0.1) is 0 Å². The summed E-state index contributed by atoms with van der Waals surface area (Å²) in [5, 5.41) is 3.03. The Labute approximate surface area is 183 Å². The zero-order valence-corrected chi connectivity index (χ0v) is 17.4. The number of carbonyl (C=O) groups excluding carboxylic acids is 4. The second-order valence-corrected chi connectivity index (χ2v) is 8.26. The van der Waals surface area contributed by atoms with E-state index in [2.05, 4.69) is 5.32 Å². The van der Waals surface area contributed by atoms with Crippen molar-refractivity contribution in [1.82, 2.24) is 10.2 Å². The molecule has 1 unspecified atom stereocenters. The maximum atomic E-state index is 12.7. The molecule has 2 aromatic rings. The molecule has 2 aromatic carbocycles. The summed E-state index contributed by atoms with van der Waals surface area (Å²) in [6, 6.07) is 9.64. The van der Waals surface area contributed by atoms with Gasteiger partial charge in [0.1, 0.15) is 6.04 Å². The quantitative estimate of drug-likeness (QED) is 0.564. The highest BCUT2D eigenvalue weighted by atomic mass is 35.5. The Morgan fingerprint density at radius 3 is 2.60 bits per heavy atom. The fraction of sp³-hybridized carbons (Fsp3) is 0.273. The first-order valence-corrected chi connectivity index (χ1v) is 10.3. The molecule has 3 amide bonds. The maximum absolute atomic E-state index is 12.7. The molecular weight excluding hydrogens is 427 g/mol. The van der Waals surface area contributed by atoms with Crippen molar-refractivity contribution in [2.24, 2.45) is 0 Å². The van der Waals surface area contributed by atoms with Gasteiger partial charge in [-0.25, -0.2) is 0 Å². The molecule has 2 aliphatic rings. The number of ketones is 1. The lowest BCUT2D eigenvalue weighted by atomic mass is 10.00. The number of Topliss-reactive ketones (excluding diaryl/α,β-unsaturated/α-hetero) is 1. The van der Waals surface area contributed by atoms with E-state index in [-0.39, 0.29) is 24.0 Å². The van der Waals surface area contributed by atoms with Crippen molar-refractivity contribution >= 4 is 46.7 Å². The number of nitrogens with one attached hydrogen (secondary N) is 1. The Bertz CT molecular complexity index is 1080. The lowest BCUT2D eigenvalue weighted by molar-refractivity contribution is -0.136. The van der Waals surface area contributed by atoms with Crippen LogP contribution < -0.4 is 5.32 Å². The Hall–Kier alpha value is -2.70. The molecule has 0 saturated carbocycles. The summed E-state index contributed by atoms with van der Waals surface area (Å²) >= 11 is 11.9. The van der Waals surface area contributed by atoms with E-state index in [9.17, 15) is 19.2 Å². The Morgan fingerprint density at radius 2 is 1.87 bits per heavy atom. The minimum Gasteiger partial charge on any atom is -0.322 e. The molecule has 0 spiro atoms. The summed E-state index contributed by atoms with van der Waals surface area (Å²) in [5.41, 5.74) is 2.81. The number of fused-ring (bicyclic) bond motifs is 1. The van der Waals surface area contributed by atoms with E-state index in [4.69, 9.17) is 23.2 Å². The van der Waals surface area contributed by atoms with E-state index in [1.165, 1.54) is 4.90 Å². The number of hydrogen-bond acceptors (Lipinski definition) is 4. The van der Waals surface area contributed by atoms with Crippen molar-refractivity contribution < 1.29 is 19.2 Å². The van der Waals surface area contributed by atoms with E-state index in [1.807, 2.05) is 12.1 Å². The molecule has 2 aliphatic heterocycles. The van der Waals surface area contributed by atoms with Gasteiger partial charge in [-0.1, -0.05) is 35.3 Å². The van der Waals surface area contributed by atoms with Crippen LogP contribution in [-0.4, -0.2) is 34.4 Å². The highest BCUT2D eigenvalue weighted by molar-refractivity contribution is 6.42. The Morgan fingerprint density at radius 1 is 1.07 bits per heavy atom. The molecular formula is C22H18Cl2N2O4. The van der Waals surface area contributed by atoms with Crippen molar-refractivity contribution in [1.29, 1.82) is 0 Å². The van der Waals surface area contributed by atoms with Gasteiger partial charge < -0.3 is 4.90 Å². The zero-order valence-electron chi connectivity index (χ0n) is 15.9. The highest BCUT2D eigenvalue weighted by Crippen LogP contribution is 2.29. The van der Waals surface area contributed by atoms with Crippen LogP contribution in [0.25, 0.3) is 0 Å². The van der Waals surface area contributed by atoms with Crippen LogP contribution in [0.15, 0.2) is 36.4 Å².